The Hall–Kier alpha value is -2.89. The number of nitro groups is 1. The standard InChI is InChI=1S/C13H11N3O3/c14-12-7-2-1-6-11(12)13(17)15-9-4-3-5-10(8-9)16(18)19/h1-8H,14H2,(H,15,17). The molecule has 0 saturated carbocycles. The maximum atomic E-state index is 12.0. The van der Waals surface area contributed by atoms with E-state index in [0.29, 0.717) is 16.9 Å². The molecule has 6 heteroatoms. The molecule has 1 amide bonds. The van der Waals surface area contributed by atoms with E-state index in [4.69, 9.17) is 5.73 Å². The zero-order chi connectivity index (χ0) is 13.8. The van der Waals surface area contributed by atoms with Crippen LogP contribution in [-0.4, -0.2) is 10.8 Å². The van der Waals surface area contributed by atoms with Crippen LogP contribution in [0.2, 0.25) is 0 Å². The van der Waals surface area contributed by atoms with Gasteiger partial charge in [-0.2, -0.15) is 0 Å². The number of para-hydroxylation sites is 1. The molecule has 0 atom stereocenters. The second kappa shape index (κ2) is 5.18. The van der Waals surface area contributed by atoms with E-state index < -0.39 is 10.8 Å². The van der Waals surface area contributed by atoms with Gasteiger partial charge in [-0.3, -0.25) is 14.9 Å². The molecule has 0 aliphatic carbocycles. The zero-order valence-corrected chi connectivity index (χ0v) is 9.87. The normalized spacial score (nSPS) is 9.89. The second-order valence-electron chi connectivity index (χ2n) is 3.85. The molecule has 0 spiro atoms. The van der Waals surface area contributed by atoms with E-state index in [9.17, 15) is 14.9 Å². The van der Waals surface area contributed by atoms with Crippen molar-refractivity contribution in [3.63, 3.8) is 0 Å². The Balaban J connectivity index is 2.22. The molecule has 0 aliphatic rings. The molecule has 0 radical (unpaired) electrons. The summed E-state index contributed by atoms with van der Waals surface area (Å²) >= 11 is 0. The Morgan fingerprint density at radius 1 is 1.16 bits per heavy atom. The summed E-state index contributed by atoms with van der Waals surface area (Å²) in [6.07, 6.45) is 0. The summed E-state index contributed by atoms with van der Waals surface area (Å²) in [4.78, 5) is 22.1. The molecule has 0 bridgehead atoms. The molecule has 2 aromatic carbocycles. The Labute approximate surface area is 109 Å². The largest absolute Gasteiger partial charge is 0.398 e. The number of amides is 1. The first-order valence-electron chi connectivity index (χ1n) is 5.48. The van der Waals surface area contributed by atoms with Gasteiger partial charge in [0.1, 0.15) is 0 Å². The lowest BCUT2D eigenvalue weighted by Gasteiger charge is -2.07. The van der Waals surface area contributed by atoms with Crippen LogP contribution >= 0.6 is 0 Å². The van der Waals surface area contributed by atoms with Crippen LogP contribution in [-0.2, 0) is 0 Å². The smallest absolute Gasteiger partial charge is 0.271 e. The number of anilines is 2. The number of non-ortho nitro benzene ring substituents is 1. The lowest BCUT2D eigenvalue weighted by atomic mass is 10.1. The summed E-state index contributed by atoms with van der Waals surface area (Å²) in [5, 5.41) is 13.2. The fourth-order valence-electron chi connectivity index (χ4n) is 1.60. The molecule has 19 heavy (non-hydrogen) atoms. The Bertz CT molecular complexity index is 641. The van der Waals surface area contributed by atoms with E-state index in [0.717, 1.165) is 0 Å². The van der Waals surface area contributed by atoms with Crippen molar-refractivity contribution >= 4 is 23.0 Å². The quantitative estimate of drug-likeness (QED) is 0.501. The highest BCUT2D eigenvalue weighted by Crippen LogP contribution is 2.19. The van der Waals surface area contributed by atoms with Crippen LogP contribution < -0.4 is 11.1 Å². The highest BCUT2D eigenvalue weighted by Gasteiger charge is 2.11. The van der Waals surface area contributed by atoms with Gasteiger partial charge in [-0.1, -0.05) is 18.2 Å². The average molecular weight is 257 g/mol. The summed E-state index contributed by atoms with van der Waals surface area (Å²) in [6.45, 7) is 0. The SMILES string of the molecule is Nc1ccccc1C(=O)Nc1cccc([N+](=O)[O-])c1. The van der Waals surface area contributed by atoms with Gasteiger partial charge in [0.25, 0.3) is 11.6 Å². The maximum Gasteiger partial charge on any atom is 0.271 e. The third-order valence-corrected chi connectivity index (χ3v) is 2.52. The Morgan fingerprint density at radius 2 is 1.89 bits per heavy atom. The van der Waals surface area contributed by atoms with Gasteiger partial charge in [-0.05, 0) is 18.2 Å². The molecular weight excluding hydrogens is 246 g/mol. The van der Waals surface area contributed by atoms with Gasteiger partial charge < -0.3 is 11.1 Å². The van der Waals surface area contributed by atoms with Crippen LogP contribution in [0.5, 0.6) is 0 Å². The molecule has 3 N–H and O–H groups in total. The van der Waals surface area contributed by atoms with Gasteiger partial charge in [-0.25, -0.2) is 0 Å². The third kappa shape index (κ3) is 2.86. The van der Waals surface area contributed by atoms with E-state index in [1.54, 1.807) is 30.3 Å². The predicted molar refractivity (Wildman–Crippen MR) is 71.9 cm³/mol. The molecule has 0 heterocycles. The number of nitrogen functional groups attached to an aromatic ring is 1. The molecule has 0 aliphatic heterocycles. The molecule has 6 nitrogen and oxygen atoms in total. The summed E-state index contributed by atoms with van der Waals surface area (Å²) in [5.74, 6) is -0.404. The van der Waals surface area contributed by atoms with Crippen molar-refractivity contribution in [2.45, 2.75) is 0 Å². The fraction of sp³-hybridized carbons (Fsp3) is 0. The first-order valence-corrected chi connectivity index (χ1v) is 5.48. The summed E-state index contributed by atoms with van der Waals surface area (Å²) in [5.41, 5.74) is 6.63. The van der Waals surface area contributed by atoms with Crippen molar-refractivity contribution < 1.29 is 9.72 Å². The van der Waals surface area contributed by atoms with E-state index in [2.05, 4.69) is 5.32 Å². The van der Waals surface area contributed by atoms with E-state index in [1.165, 1.54) is 18.2 Å². The van der Waals surface area contributed by atoms with Crippen molar-refractivity contribution in [2.24, 2.45) is 0 Å². The van der Waals surface area contributed by atoms with Crippen molar-refractivity contribution in [2.75, 3.05) is 11.1 Å². The number of carbonyl (C=O) groups is 1. The van der Waals surface area contributed by atoms with Gasteiger partial charge in [-0.15, -0.1) is 0 Å². The van der Waals surface area contributed by atoms with Crippen molar-refractivity contribution in [3.8, 4) is 0 Å². The minimum atomic E-state index is -0.521. The van der Waals surface area contributed by atoms with Crippen molar-refractivity contribution in [3.05, 3.63) is 64.2 Å². The minimum Gasteiger partial charge on any atom is -0.398 e. The highest BCUT2D eigenvalue weighted by molar-refractivity contribution is 6.07. The van der Waals surface area contributed by atoms with Gasteiger partial charge in [0.15, 0.2) is 0 Å². The first kappa shape index (κ1) is 12.6. The van der Waals surface area contributed by atoms with E-state index >= 15 is 0 Å². The predicted octanol–water partition coefficient (Wildman–Crippen LogP) is 2.43. The van der Waals surface area contributed by atoms with Crippen molar-refractivity contribution in [1.82, 2.24) is 0 Å². The number of nitrogens with one attached hydrogen (secondary N) is 1. The fourth-order valence-corrected chi connectivity index (χ4v) is 1.60. The molecule has 2 aromatic rings. The minimum absolute atomic E-state index is 0.0844. The number of nitro benzene ring substituents is 1. The number of hydrogen-bond acceptors (Lipinski definition) is 4. The lowest BCUT2D eigenvalue weighted by Crippen LogP contribution is -2.13. The Kier molecular flexibility index (Phi) is 3.42. The molecule has 0 saturated heterocycles. The van der Waals surface area contributed by atoms with Gasteiger partial charge in [0, 0.05) is 23.5 Å². The topological polar surface area (TPSA) is 98.3 Å². The monoisotopic (exact) mass is 257 g/mol. The number of nitrogens with two attached hydrogens (primary N) is 1. The van der Waals surface area contributed by atoms with Crippen LogP contribution in [0.3, 0.4) is 0 Å². The third-order valence-electron chi connectivity index (χ3n) is 2.52. The summed E-state index contributed by atoms with van der Waals surface area (Å²) in [6, 6.07) is 12.3. The molecular formula is C13H11N3O3. The van der Waals surface area contributed by atoms with Crippen molar-refractivity contribution in [1.29, 1.82) is 0 Å². The lowest BCUT2D eigenvalue weighted by molar-refractivity contribution is -0.384. The number of hydrogen-bond donors (Lipinski definition) is 2. The Morgan fingerprint density at radius 3 is 2.58 bits per heavy atom. The molecule has 2 rings (SSSR count). The van der Waals surface area contributed by atoms with Crippen LogP contribution in [0.4, 0.5) is 17.1 Å². The highest BCUT2D eigenvalue weighted by atomic mass is 16.6. The van der Waals surface area contributed by atoms with Gasteiger partial charge >= 0.3 is 0 Å². The summed E-state index contributed by atoms with van der Waals surface area (Å²) < 4.78 is 0. The van der Waals surface area contributed by atoms with Crippen LogP contribution in [0, 0.1) is 10.1 Å². The number of nitrogens with zero attached hydrogens (tertiary/aromatic N) is 1. The first-order chi connectivity index (χ1) is 9.08. The maximum absolute atomic E-state index is 12.0. The van der Waals surface area contributed by atoms with Gasteiger partial charge in [0.2, 0.25) is 0 Å². The number of benzene rings is 2. The van der Waals surface area contributed by atoms with Gasteiger partial charge in [0.05, 0.1) is 10.5 Å². The van der Waals surface area contributed by atoms with E-state index in [1.807, 2.05) is 0 Å². The molecule has 0 unspecified atom stereocenters. The van der Waals surface area contributed by atoms with E-state index in [-0.39, 0.29) is 5.69 Å². The average Bonchev–Trinajstić information content (AvgIpc) is 2.39. The number of rotatable bonds is 3. The molecule has 0 aromatic heterocycles. The molecule has 0 fully saturated rings. The number of carbonyl (C=O) groups excluding carboxylic acids is 1. The molecule has 96 valence electrons. The van der Waals surface area contributed by atoms with Crippen LogP contribution in [0.25, 0.3) is 0 Å². The zero-order valence-electron chi connectivity index (χ0n) is 9.87. The second-order valence-corrected chi connectivity index (χ2v) is 3.85. The summed E-state index contributed by atoms with van der Waals surface area (Å²) in [7, 11) is 0. The van der Waals surface area contributed by atoms with Crippen LogP contribution in [0.15, 0.2) is 48.5 Å². The van der Waals surface area contributed by atoms with Crippen LogP contribution in [0.1, 0.15) is 10.4 Å².